The van der Waals surface area contributed by atoms with Crippen LogP contribution in [0.1, 0.15) is 31.2 Å². The number of halogens is 1. The van der Waals surface area contributed by atoms with Gasteiger partial charge < -0.3 is 10.1 Å². The van der Waals surface area contributed by atoms with Crippen molar-refractivity contribution in [2.45, 2.75) is 38.6 Å². The summed E-state index contributed by atoms with van der Waals surface area (Å²) >= 11 is 6.07. The lowest BCUT2D eigenvalue weighted by molar-refractivity contribution is 0.416. The summed E-state index contributed by atoms with van der Waals surface area (Å²) in [5.41, 5.74) is 2.15. The van der Waals surface area contributed by atoms with E-state index in [9.17, 15) is 0 Å². The van der Waals surface area contributed by atoms with Crippen LogP contribution >= 0.6 is 11.6 Å². The van der Waals surface area contributed by atoms with Crippen molar-refractivity contribution in [3.05, 3.63) is 22.7 Å². The van der Waals surface area contributed by atoms with Gasteiger partial charge >= 0.3 is 0 Å². The number of methoxy groups -OCH3 is 1. The molecule has 1 aromatic rings. The van der Waals surface area contributed by atoms with Gasteiger partial charge in [0, 0.05) is 17.1 Å². The SMILES string of the molecule is COc1cc(Cl)c(C)cc1NC1CCCC1. The van der Waals surface area contributed by atoms with Crippen molar-refractivity contribution in [1.82, 2.24) is 0 Å². The van der Waals surface area contributed by atoms with Crippen LogP contribution in [0.5, 0.6) is 5.75 Å². The van der Waals surface area contributed by atoms with E-state index < -0.39 is 0 Å². The molecule has 0 aromatic heterocycles. The quantitative estimate of drug-likeness (QED) is 0.861. The van der Waals surface area contributed by atoms with E-state index >= 15 is 0 Å². The van der Waals surface area contributed by atoms with Gasteiger partial charge in [-0.2, -0.15) is 0 Å². The van der Waals surface area contributed by atoms with Gasteiger partial charge in [-0.25, -0.2) is 0 Å². The molecule has 1 saturated carbocycles. The first-order valence-corrected chi connectivity index (χ1v) is 6.19. The number of hydrogen-bond donors (Lipinski definition) is 1. The maximum Gasteiger partial charge on any atom is 0.143 e. The van der Waals surface area contributed by atoms with Crippen molar-refractivity contribution in [3.63, 3.8) is 0 Å². The molecule has 0 unspecified atom stereocenters. The molecule has 0 radical (unpaired) electrons. The summed E-state index contributed by atoms with van der Waals surface area (Å²) in [6, 6.07) is 4.54. The Bertz CT molecular complexity index is 372. The number of nitrogens with one attached hydrogen (secondary N) is 1. The van der Waals surface area contributed by atoms with Gasteiger partial charge in [0.25, 0.3) is 0 Å². The summed E-state index contributed by atoms with van der Waals surface area (Å²) in [6.07, 6.45) is 5.16. The zero-order chi connectivity index (χ0) is 11.5. The number of ether oxygens (including phenoxy) is 1. The number of aryl methyl sites for hydroxylation is 1. The minimum Gasteiger partial charge on any atom is -0.495 e. The fourth-order valence-electron chi connectivity index (χ4n) is 2.24. The molecule has 0 spiro atoms. The normalized spacial score (nSPS) is 16.4. The Morgan fingerprint density at radius 2 is 2.00 bits per heavy atom. The lowest BCUT2D eigenvalue weighted by Gasteiger charge is -2.17. The minimum atomic E-state index is 0.592. The molecule has 1 fully saturated rings. The van der Waals surface area contributed by atoms with Gasteiger partial charge in [-0.1, -0.05) is 24.4 Å². The van der Waals surface area contributed by atoms with Crippen LogP contribution in [-0.4, -0.2) is 13.2 Å². The fourth-order valence-corrected chi connectivity index (χ4v) is 2.39. The highest BCUT2D eigenvalue weighted by Gasteiger charge is 2.16. The molecule has 0 heterocycles. The Morgan fingerprint density at radius 3 is 2.62 bits per heavy atom. The van der Waals surface area contributed by atoms with E-state index in [2.05, 4.69) is 11.4 Å². The predicted octanol–water partition coefficient (Wildman–Crippen LogP) is 4.01. The first kappa shape index (κ1) is 11.6. The van der Waals surface area contributed by atoms with E-state index in [1.54, 1.807) is 7.11 Å². The first-order chi connectivity index (χ1) is 7.70. The van der Waals surface area contributed by atoms with Crippen molar-refractivity contribution in [3.8, 4) is 5.75 Å². The third kappa shape index (κ3) is 2.43. The Labute approximate surface area is 102 Å². The molecule has 1 aromatic carbocycles. The standard InChI is InChI=1S/C13H18ClNO/c1-9-7-12(13(16-2)8-11(9)14)15-10-5-3-4-6-10/h7-8,10,15H,3-6H2,1-2H3. The molecule has 16 heavy (non-hydrogen) atoms. The van der Waals surface area contributed by atoms with Crippen LogP contribution in [0.4, 0.5) is 5.69 Å². The smallest absolute Gasteiger partial charge is 0.143 e. The van der Waals surface area contributed by atoms with E-state index in [-0.39, 0.29) is 0 Å². The zero-order valence-electron chi connectivity index (χ0n) is 9.85. The molecule has 0 saturated heterocycles. The largest absolute Gasteiger partial charge is 0.495 e. The fraction of sp³-hybridized carbons (Fsp3) is 0.538. The van der Waals surface area contributed by atoms with Gasteiger partial charge in [-0.15, -0.1) is 0 Å². The average molecular weight is 240 g/mol. The third-order valence-corrected chi connectivity index (χ3v) is 3.60. The second-order valence-corrected chi connectivity index (χ2v) is 4.83. The third-order valence-electron chi connectivity index (χ3n) is 3.20. The molecular formula is C13H18ClNO. The highest BCUT2D eigenvalue weighted by Crippen LogP contribution is 2.33. The van der Waals surface area contributed by atoms with Gasteiger partial charge in [0.05, 0.1) is 12.8 Å². The molecule has 0 aliphatic heterocycles. The van der Waals surface area contributed by atoms with E-state index in [1.165, 1.54) is 25.7 Å². The van der Waals surface area contributed by atoms with Gasteiger partial charge in [0.1, 0.15) is 5.75 Å². The molecule has 0 bridgehead atoms. The average Bonchev–Trinajstić information content (AvgIpc) is 2.76. The molecule has 0 atom stereocenters. The van der Waals surface area contributed by atoms with Crippen LogP contribution in [0.2, 0.25) is 5.02 Å². The summed E-state index contributed by atoms with van der Waals surface area (Å²) in [4.78, 5) is 0. The monoisotopic (exact) mass is 239 g/mol. The zero-order valence-corrected chi connectivity index (χ0v) is 10.6. The van der Waals surface area contributed by atoms with Crippen molar-refractivity contribution >= 4 is 17.3 Å². The number of hydrogen-bond acceptors (Lipinski definition) is 2. The van der Waals surface area contributed by atoms with Crippen LogP contribution in [0.25, 0.3) is 0 Å². The molecule has 1 aliphatic carbocycles. The Kier molecular flexibility index (Phi) is 3.59. The molecule has 3 heteroatoms. The van der Waals surface area contributed by atoms with Crippen LogP contribution < -0.4 is 10.1 Å². The van der Waals surface area contributed by atoms with Crippen LogP contribution in [0.15, 0.2) is 12.1 Å². The van der Waals surface area contributed by atoms with Gasteiger partial charge in [0.15, 0.2) is 0 Å². The number of rotatable bonds is 3. The minimum absolute atomic E-state index is 0.592. The number of benzene rings is 1. The van der Waals surface area contributed by atoms with E-state index in [0.717, 1.165) is 22.0 Å². The van der Waals surface area contributed by atoms with Crippen LogP contribution in [0.3, 0.4) is 0 Å². The highest BCUT2D eigenvalue weighted by molar-refractivity contribution is 6.31. The molecule has 1 N–H and O–H groups in total. The summed E-state index contributed by atoms with van der Waals surface area (Å²) in [5.74, 6) is 0.836. The molecule has 2 nitrogen and oxygen atoms in total. The van der Waals surface area contributed by atoms with Gasteiger partial charge in [-0.3, -0.25) is 0 Å². The topological polar surface area (TPSA) is 21.3 Å². The van der Waals surface area contributed by atoms with Crippen molar-refractivity contribution in [1.29, 1.82) is 0 Å². The molecule has 0 amide bonds. The van der Waals surface area contributed by atoms with Crippen molar-refractivity contribution in [2.24, 2.45) is 0 Å². The van der Waals surface area contributed by atoms with Crippen molar-refractivity contribution in [2.75, 3.05) is 12.4 Å². The maximum absolute atomic E-state index is 6.07. The van der Waals surface area contributed by atoms with Gasteiger partial charge in [-0.05, 0) is 31.4 Å². The van der Waals surface area contributed by atoms with Crippen molar-refractivity contribution < 1.29 is 4.74 Å². The van der Waals surface area contributed by atoms with Crippen LogP contribution in [0, 0.1) is 6.92 Å². The second-order valence-electron chi connectivity index (χ2n) is 4.43. The maximum atomic E-state index is 6.07. The van der Waals surface area contributed by atoms with E-state index in [1.807, 2.05) is 13.0 Å². The molecule has 1 aliphatic rings. The summed E-state index contributed by atoms with van der Waals surface area (Å²) in [5, 5.41) is 4.30. The Hall–Kier alpha value is -0.890. The first-order valence-electron chi connectivity index (χ1n) is 5.81. The number of anilines is 1. The summed E-state index contributed by atoms with van der Waals surface area (Å²) < 4.78 is 5.34. The summed E-state index contributed by atoms with van der Waals surface area (Å²) in [7, 11) is 1.68. The second kappa shape index (κ2) is 4.96. The molecular weight excluding hydrogens is 222 g/mol. The highest BCUT2D eigenvalue weighted by atomic mass is 35.5. The molecule has 88 valence electrons. The predicted molar refractivity (Wildman–Crippen MR) is 68.6 cm³/mol. The van der Waals surface area contributed by atoms with Gasteiger partial charge in [0.2, 0.25) is 0 Å². The van der Waals surface area contributed by atoms with Crippen LogP contribution in [-0.2, 0) is 0 Å². The van der Waals surface area contributed by atoms with E-state index in [0.29, 0.717) is 6.04 Å². The lowest BCUT2D eigenvalue weighted by atomic mass is 10.1. The lowest BCUT2D eigenvalue weighted by Crippen LogP contribution is -2.15. The molecule has 2 rings (SSSR count). The Balaban J connectivity index is 2.20. The Morgan fingerprint density at radius 1 is 1.31 bits per heavy atom. The summed E-state index contributed by atoms with van der Waals surface area (Å²) in [6.45, 7) is 2.02. The van der Waals surface area contributed by atoms with E-state index in [4.69, 9.17) is 16.3 Å².